The molecule has 37 heavy (non-hydrogen) atoms. The summed E-state index contributed by atoms with van der Waals surface area (Å²) in [5, 5.41) is 19.6. The summed E-state index contributed by atoms with van der Waals surface area (Å²) in [4.78, 5) is 13.5. The lowest BCUT2D eigenvalue weighted by molar-refractivity contribution is 0.188. The van der Waals surface area contributed by atoms with Gasteiger partial charge in [-0.2, -0.15) is 10.2 Å². The topological polar surface area (TPSA) is 121 Å². The van der Waals surface area contributed by atoms with Gasteiger partial charge in [0.1, 0.15) is 34.8 Å². The van der Waals surface area contributed by atoms with Gasteiger partial charge < -0.3 is 25.2 Å². The van der Waals surface area contributed by atoms with Crippen molar-refractivity contribution in [3.63, 3.8) is 0 Å². The molecular weight excluding hydrogens is 492 g/mol. The number of nitriles is 1. The van der Waals surface area contributed by atoms with Gasteiger partial charge in [-0.05, 0) is 30.7 Å². The lowest BCUT2D eigenvalue weighted by atomic mass is 9.83. The van der Waals surface area contributed by atoms with Gasteiger partial charge in [-0.25, -0.2) is 4.98 Å². The maximum Gasteiger partial charge on any atom is 0.224 e. The normalized spacial score (nSPS) is 17.7. The van der Waals surface area contributed by atoms with Gasteiger partial charge in [0.05, 0.1) is 12.5 Å². The number of anilines is 1. The van der Waals surface area contributed by atoms with Crippen molar-refractivity contribution in [2.45, 2.75) is 12.8 Å². The zero-order valence-electron chi connectivity index (χ0n) is 20.4. The average Bonchev–Trinajstić information content (AvgIpc) is 2.89. The Morgan fingerprint density at radius 1 is 1.14 bits per heavy atom. The van der Waals surface area contributed by atoms with E-state index in [9.17, 15) is 10.4 Å². The van der Waals surface area contributed by atoms with Crippen molar-refractivity contribution in [3.8, 4) is 23.4 Å². The molecule has 1 fully saturated rings. The minimum Gasteiger partial charge on any atom is -0.440 e. The van der Waals surface area contributed by atoms with Crippen molar-refractivity contribution in [3.05, 3.63) is 82.0 Å². The van der Waals surface area contributed by atoms with Crippen LogP contribution in [-0.4, -0.2) is 59.3 Å². The number of halogens is 1. The van der Waals surface area contributed by atoms with Crippen molar-refractivity contribution >= 4 is 17.4 Å². The smallest absolute Gasteiger partial charge is 0.224 e. The third-order valence-corrected chi connectivity index (χ3v) is 6.78. The quantitative estimate of drug-likeness (QED) is 0.504. The minimum absolute atomic E-state index is 0.0626. The third-order valence-electron chi connectivity index (χ3n) is 6.53. The lowest BCUT2D eigenvalue weighted by Crippen LogP contribution is -2.47. The van der Waals surface area contributed by atoms with Gasteiger partial charge >= 0.3 is 0 Å². The molecule has 190 valence electrons. The number of β-amino-alcohol motifs (C(OH)–C–C–N with tert-alkyl or cyclic N) is 1. The van der Waals surface area contributed by atoms with Crippen LogP contribution in [-0.2, 0) is 0 Å². The third kappa shape index (κ3) is 5.32. The predicted molar refractivity (Wildman–Crippen MR) is 140 cm³/mol. The number of fused-ring (bicyclic) bond motifs is 1. The Morgan fingerprint density at radius 2 is 1.89 bits per heavy atom. The highest BCUT2D eigenvalue weighted by Crippen LogP contribution is 2.44. The molecule has 3 N–H and O–H groups in total. The van der Waals surface area contributed by atoms with Gasteiger partial charge in [-0.15, -0.1) is 0 Å². The van der Waals surface area contributed by atoms with E-state index in [0.29, 0.717) is 40.3 Å². The molecule has 0 radical (unpaired) electrons. The van der Waals surface area contributed by atoms with Crippen LogP contribution in [0.1, 0.15) is 22.9 Å². The van der Waals surface area contributed by atoms with E-state index >= 15 is 0 Å². The molecule has 1 unspecified atom stereocenters. The maximum atomic E-state index is 9.77. The molecule has 2 aliphatic heterocycles. The fourth-order valence-electron chi connectivity index (χ4n) is 4.70. The molecule has 0 amide bonds. The van der Waals surface area contributed by atoms with Crippen LogP contribution in [0.15, 0.2) is 60.0 Å². The van der Waals surface area contributed by atoms with Crippen molar-refractivity contribution in [1.29, 1.82) is 5.26 Å². The molecule has 3 heterocycles. The average molecular weight is 519 g/mol. The van der Waals surface area contributed by atoms with Gasteiger partial charge in [0.15, 0.2) is 0 Å². The second-order valence-corrected chi connectivity index (χ2v) is 9.38. The minimum atomic E-state index is -0.377. The van der Waals surface area contributed by atoms with Crippen LogP contribution in [0.3, 0.4) is 0 Å². The molecule has 5 rings (SSSR count). The Balaban J connectivity index is 1.40. The largest absolute Gasteiger partial charge is 0.440 e. The fourth-order valence-corrected chi connectivity index (χ4v) is 4.83. The van der Waals surface area contributed by atoms with Crippen molar-refractivity contribution in [2.24, 2.45) is 5.73 Å². The molecule has 0 bridgehead atoms. The van der Waals surface area contributed by atoms with Crippen LogP contribution in [0.25, 0.3) is 0 Å². The Bertz CT molecular complexity index is 1360. The number of aryl methyl sites for hydroxylation is 1. The SMILES string of the molecule is Cc1nc(Oc2ccc3c(c2)OC(N)=C(C#N)C3c2ccc(Cl)cc2)cc(N2CCN(CCO)CC2)n1. The van der Waals surface area contributed by atoms with Crippen LogP contribution in [0.2, 0.25) is 5.02 Å². The number of aromatic nitrogens is 2. The molecule has 9 nitrogen and oxygen atoms in total. The number of aliphatic hydroxyl groups is 1. The van der Waals surface area contributed by atoms with Crippen molar-refractivity contribution < 1.29 is 14.6 Å². The highest BCUT2D eigenvalue weighted by atomic mass is 35.5. The van der Waals surface area contributed by atoms with Gasteiger partial charge in [0, 0.05) is 55.4 Å². The maximum absolute atomic E-state index is 9.77. The van der Waals surface area contributed by atoms with Crippen molar-refractivity contribution in [1.82, 2.24) is 14.9 Å². The highest BCUT2D eigenvalue weighted by molar-refractivity contribution is 6.30. The van der Waals surface area contributed by atoms with E-state index < -0.39 is 0 Å². The van der Waals surface area contributed by atoms with Gasteiger partial charge in [0.25, 0.3) is 0 Å². The summed E-state index contributed by atoms with van der Waals surface area (Å²) in [7, 11) is 0. The zero-order chi connectivity index (χ0) is 25.9. The molecular formula is C27H27ClN6O3. The molecule has 0 saturated carbocycles. The standard InChI is InChI=1S/C27H27ClN6O3/c1-17-31-24(34-10-8-33(9-11-34)12-13-35)15-25(32-17)36-20-6-7-21-23(14-20)37-27(30)22(16-29)26(21)18-2-4-19(28)5-3-18/h2-7,14-15,26,35H,8-13,30H2,1H3. The van der Waals surface area contributed by atoms with Crippen molar-refractivity contribution in [2.75, 3.05) is 44.2 Å². The number of ether oxygens (including phenoxy) is 2. The summed E-state index contributed by atoms with van der Waals surface area (Å²) in [6, 6.07) is 16.8. The zero-order valence-corrected chi connectivity index (χ0v) is 21.1. The van der Waals surface area contributed by atoms with Gasteiger partial charge in [-0.3, -0.25) is 4.90 Å². The van der Waals surface area contributed by atoms with E-state index in [1.165, 1.54) is 0 Å². The van der Waals surface area contributed by atoms with E-state index in [1.54, 1.807) is 18.2 Å². The first-order chi connectivity index (χ1) is 17.9. The molecule has 2 aromatic carbocycles. The first-order valence-corrected chi connectivity index (χ1v) is 12.4. The summed E-state index contributed by atoms with van der Waals surface area (Å²) in [5.41, 5.74) is 8.18. The van der Waals surface area contributed by atoms with E-state index in [2.05, 4.69) is 25.8 Å². The number of rotatable bonds is 6. The molecule has 1 saturated heterocycles. The van der Waals surface area contributed by atoms with Crippen LogP contribution in [0, 0.1) is 18.3 Å². The molecule has 0 spiro atoms. The summed E-state index contributed by atoms with van der Waals surface area (Å²) >= 11 is 6.07. The van der Waals surface area contributed by atoms with Crippen LogP contribution in [0.4, 0.5) is 5.82 Å². The Labute approximate surface area is 220 Å². The van der Waals surface area contributed by atoms with Gasteiger partial charge in [0.2, 0.25) is 11.8 Å². The Hall–Kier alpha value is -3.84. The first kappa shape index (κ1) is 24.8. The summed E-state index contributed by atoms with van der Waals surface area (Å²) in [5.74, 6) is 2.55. The summed E-state index contributed by atoms with van der Waals surface area (Å²) < 4.78 is 11.9. The number of hydrogen-bond acceptors (Lipinski definition) is 9. The van der Waals surface area contributed by atoms with Gasteiger partial charge in [-0.1, -0.05) is 29.8 Å². The fraction of sp³-hybridized carbons (Fsp3) is 0.296. The molecule has 1 aromatic heterocycles. The number of nitrogens with zero attached hydrogens (tertiary/aromatic N) is 5. The number of benzene rings is 2. The van der Waals surface area contributed by atoms with Crippen LogP contribution in [0.5, 0.6) is 17.4 Å². The highest BCUT2D eigenvalue weighted by Gasteiger charge is 2.31. The molecule has 1 atom stereocenters. The number of allylic oxidation sites excluding steroid dienone is 1. The number of hydrogen-bond donors (Lipinski definition) is 2. The lowest BCUT2D eigenvalue weighted by Gasteiger charge is -2.35. The number of piperazine rings is 1. The van der Waals surface area contributed by atoms with E-state index in [4.69, 9.17) is 26.8 Å². The van der Waals surface area contributed by atoms with E-state index in [0.717, 1.165) is 43.1 Å². The van der Waals surface area contributed by atoms with E-state index in [-0.39, 0.29) is 18.4 Å². The molecule has 10 heteroatoms. The number of aliphatic hydroxyl groups excluding tert-OH is 1. The monoisotopic (exact) mass is 518 g/mol. The summed E-state index contributed by atoms with van der Waals surface area (Å²) in [6.45, 7) is 6.00. The van der Waals surface area contributed by atoms with Crippen LogP contribution < -0.4 is 20.1 Å². The van der Waals surface area contributed by atoms with Crippen LogP contribution >= 0.6 is 11.6 Å². The predicted octanol–water partition coefficient (Wildman–Crippen LogP) is 3.56. The second kappa shape index (κ2) is 10.6. The van der Waals surface area contributed by atoms with E-state index in [1.807, 2.05) is 37.3 Å². The molecule has 0 aliphatic carbocycles. The molecule has 2 aliphatic rings. The summed E-state index contributed by atoms with van der Waals surface area (Å²) in [6.07, 6.45) is 0. The second-order valence-electron chi connectivity index (χ2n) is 8.94. The molecule has 3 aromatic rings. The Kier molecular flexibility index (Phi) is 7.15. The number of nitrogens with two attached hydrogens (primary N) is 1. The Morgan fingerprint density at radius 3 is 2.59 bits per heavy atom. The first-order valence-electron chi connectivity index (χ1n) is 12.0.